The van der Waals surface area contributed by atoms with E-state index in [0.29, 0.717) is 24.6 Å². The third kappa shape index (κ3) is 4.96. The highest BCUT2D eigenvalue weighted by Crippen LogP contribution is 2.29. The van der Waals surface area contributed by atoms with Gasteiger partial charge in [0, 0.05) is 24.7 Å². The topological polar surface area (TPSA) is 66.5 Å². The summed E-state index contributed by atoms with van der Waals surface area (Å²) in [5.41, 5.74) is 0.316. The Hall–Kier alpha value is -1.11. The lowest BCUT2D eigenvalue weighted by Crippen LogP contribution is -2.39. The molecule has 0 aliphatic carbocycles. The average molecular weight is 387 g/mol. The number of benzene rings is 1. The molecule has 2 rings (SSSR count). The van der Waals surface area contributed by atoms with Crippen LogP contribution in [-0.2, 0) is 10.0 Å². The molecule has 5 nitrogen and oxygen atoms in total. The van der Waals surface area contributed by atoms with E-state index in [1.54, 1.807) is 6.07 Å². The van der Waals surface area contributed by atoms with Crippen molar-refractivity contribution in [3.05, 3.63) is 28.8 Å². The van der Waals surface area contributed by atoms with E-state index in [-0.39, 0.29) is 21.9 Å². The summed E-state index contributed by atoms with van der Waals surface area (Å²) in [6.45, 7) is 7.01. The van der Waals surface area contributed by atoms with Crippen LogP contribution in [0.15, 0.2) is 23.1 Å². The van der Waals surface area contributed by atoms with Gasteiger partial charge < -0.3 is 5.32 Å². The zero-order valence-corrected chi connectivity index (χ0v) is 16.7. The Balaban J connectivity index is 2.27. The zero-order chi connectivity index (χ0) is 18.6. The van der Waals surface area contributed by atoms with Crippen molar-refractivity contribution in [2.24, 2.45) is 5.92 Å². The van der Waals surface area contributed by atoms with Gasteiger partial charge >= 0.3 is 0 Å². The molecule has 1 heterocycles. The van der Waals surface area contributed by atoms with Gasteiger partial charge in [0.05, 0.1) is 5.02 Å². The second-order valence-corrected chi connectivity index (χ2v) is 9.23. The molecule has 1 fully saturated rings. The van der Waals surface area contributed by atoms with Gasteiger partial charge in [-0.15, -0.1) is 0 Å². The molecular weight excluding hydrogens is 360 g/mol. The van der Waals surface area contributed by atoms with Crippen LogP contribution in [0.5, 0.6) is 0 Å². The van der Waals surface area contributed by atoms with Crippen LogP contribution < -0.4 is 5.32 Å². The number of piperidine rings is 1. The van der Waals surface area contributed by atoms with Crippen LogP contribution in [0.1, 0.15) is 56.8 Å². The number of carbonyl (C=O) groups excluding carboxylic acids is 1. The SMILES string of the molecule is CCCC(C)NC(=O)c1ccc(Cl)c(S(=O)(=O)N2CCCC(C)C2)c1. The van der Waals surface area contributed by atoms with Gasteiger partial charge in [-0.2, -0.15) is 4.31 Å². The Kier molecular flexibility index (Phi) is 6.88. The molecule has 1 saturated heterocycles. The average Bonchev–Trinajstić information content (AvgIpc) is 2.55. The molecule has 2 unspecified atom stereocenters. The van der Waals surface area contributed by atoms with Crippen LogP contribution >= 0.6 is 11.6 Å². The smallest absolute Gasteiger partial charge is 0.251 e. The summed E-state index contributed by atoms with van der Waals surface area (Å²) in [6.07, 6.45) is 3.70. The fourth-order valence-electron chi connectivity index (χ4n) is 3.16. The number of nitrogens with one attached hydrogen (secondary N) is 1. The van der Waals surface area contributed by atoms with Crippen LogP contribution in [0.25, 0.3) is 0 Å². The molecule has 0 saturated carbocycles. The van der Waals surface area contributed by atoms with Gasteiger partial charge in [0.15, 0.2) is 0 Å². The summed E-state index contributed by atoms with van der Waals surface area (Å²) in [7, 11) is -3.70. The number of hydrogen-bond donors (Lipinski definition) is 1. The minimum absolute atomic E-state index is 0.0130. The minimum atomic E-state index is -3.70. The Morgan fingerprint density at radius 3 is 2.80 bits per heavy atom. The fraction of sp³-hybridized carbons (Fsp3) is 0.611. The maximum atomic E-state index is 13.0. The summed E-state index contributed by atoms with van der Waals surface area (Å²) in [6, 6.07) is 4.48. The van der Waals surface area contributed by atoms with E-state index in [2.05, 4.69) is 12.2 Å². The summed E-state index contributed by atoms with van der Waals surface area (Å²) >= 11 is 6.16. The van der Waals surface area contributed by atoms with E-state index in [4.69, 9.17) is 11.6 Å². The van der Waals surface area contributed by atoms with Gasteiger partial charge in [-0.1, -0.05) is 31.9 Å². The zero-order valence-electron chi connectivity index (χ0n) is 15.1. The number of rotatable bonds is 6. The molecule has 1 aliphatic rings. The Morgan fingerprint density at radius 2 is 2.16 bits per heavy atom. The van der Waals surface area contributed by atoms with E-state index in [0.717, 1.165) is 25.7 Å². The Morgan fingerprint density at radius 1 is 1.44 bits per heavy atom. The highest BCUT2D eigenvalue weighted by atomic mass is 35.5. The summed E-state index contributed by atoms with van der Waals surface area (Å²) in [5, 5.41) is 3.04. The van der Waals surface area contributed by atoms with Crippen molar-refractivity contribution in [2.75, 3.05) is 13.1 Å². The molecule has 0 aromatic heterocycles. The van der Waals surface area contributed by atoms with Gasteiger partial charge in [0.1, 0.15) is 4.90 Å². The van der Waals surface area contributed by atoms with Crippen molar-refractivity contribution in [3.63, 3.8) is 0 Å². The second-order valence-electron chi connectivity index (χ2n) is 6.92. The third-order valence-electron chi connectivity index (χ3n) is 4.53. The largest absolute Gasteiger partial charge is 0.350 e. The van der Waals surface area contributed by atoms with Crippen LogP contribution in [-0.4, -0.2) is 37.8 Å². The summed E-state index contributed by atoms with van der Waals surface area (Å²) in [5.74, 6) is 0.0461. The predicted octanol–water partition coefficient (Wildman–Crippen LogP) is 3.68. The van der Waals surface area contributed by atoms with E-state index >= 15 is 0 Å². The Bertz CT molecular complexity index is 721. The second kappa shape index (κ2) is 8.52. The molecule has 1 N–H and O–H groups in total. The van der Waals surface area contributed by atoms with Gasteiger partial charge in [-0.25, -0.2) is 8.42 Å². The maximum absolute atomic E-state index is 13.0. The lowest BCUT2D eigenvalue weighted by molar-refractivity contribution is 0.0938. The molecule has 1 aromatic rings. The van der Waals surface area contributed by atoms with Crippen molar-refractivity contribution >= 4 is 27.5 Å². The molecule has 0 bridgehead atoms. The number of amides is 1. The molecule has 1 amide bonds. The predicted molar refractivity (Wildman–Crippen MR) is 100 cm³/mol. The minimum Gasteiger partial charge on any atom is -0.350 e. The molecular formula is C18H27ClN2O3S. The first-order valence-electron chi connectivity index (χ1n) is 8.86. The monoisotopic (exact) mass is 386 g/mol. The maximum Gasteiger partial charge on any atom is 0.251 e. The highest BCUT2D eigenvalue weighted by molar-refractivity contribution is 7.89. The first-order chi connectivity index (χ1) is 11.8. The molecule has 1 aromatic carbocycles. The van der Waals surface area contributed by atoms with E-state index in [9.17, 15) is 13.2 Å². The van der Waals surface area contributed by atoms with Gasteiger partial charge in [0.25, 0.3) is 5.91 Å². The number of sulfonamides is 1. The summed E-state index contributed by atoms with van der Waals surface area (Å²) in [4.78, 5) is 12.4. The lowest BCUT2D eigenvalue weighted by atomic mass is 10.0. The van der Waals surface area contributed by atoms with Crippen LogP contribution in [0.2, 0.25) is 5.02 Å². The van der Waals surface area contributed by atoms with E-state index in [1.165, 1.54) is 16.4 Å². The number of hydrogen-bond acceptors (Lipinski definition) is 3. The normalized spacial score (nSPS) is 20.2. The first kappa shape index (κ1) is 20.2. The first-order valence-corrected chi connectivity index (χ1v) is 10.7. The summed E-state index contributed by atoms with van der Waals surface area (Å²) < 4.78 is 27.4. The molecule has 2 atom stereocenters. The van der Waals surface area contributed by atoms with Gasteiger partial charge in [-0.05, 0) is 50.3 Å². The van der Waals surface area contributed by atoms with E-state index < -0.39 is 10.0 Å². The van der Waals surface area contributed by atoms with Crippen LogP contribution in [0.4, 0.5) is 0 Å². The molecule has 0 spiro atoms. The van der Waals surface area contributed by atoms with Crippen LogP contribution in [0, 0.1) is 5.92 Å². The fourth-order valence-corrected chi connectivity index (χ4v) is 5.26. The van der Waals surface area contributed by atoms with Crippen molar-refractivity contribution in [1.29, 1.82) is 0 Å². The number of carbonyl (C=O) groups is 1. The Labute approximate surface area is 155 Å². The number of nitrogens with zero attached hydrogens (tertiary/aromatic N) is 1. The highest BCUT2D eigenvalue weighted by Gasteiger charge is 2.31. The molecule has 25 heavy (non-hydrogen) atoms. The molecule has 0 radical (unpaired) electrons. The molecule has 7 heteroatoms. The van der Waals surface area contributed by atoms with Crippen molar-refractivity contribution in [2.45, 2.75) is 57.4 Å². The van der Waals surface area contributed by atoms with Gasteiger partial charge in [0.2, 0.25) is 10.0 Å². The van der Waals surface area contributed by atoms with E-state index in [1.807, 2.05) is 13.8 Å². The number of halogens is 1. The quantitative estimate of drug-likeness (QED) is 0.810. The molecule has 1 aliphatic heterocycles. The van der Waals surface area contributed by atoms with Crippen LogP contribution in [0.3, 0.4) is 0 Å². The van der Waals surface area contributed by atoms with Crippen molar-refractivity contribution < 1.29 is 13.2 Å². The van der Waals surface area contributed by atoms with Gasteiger partial charge in [-0.3, -0.25) is 4.79 Å². The lowest BCUT2D eigenvalue weighted by Gasteiger charge is -2.30. The van der Waals surface area contributed by atoms with Crippen molar-refractivity contribution in [1.82, 2.24) is 9.62 Å². The molecule has 140 valence electrons. The third-order valence-corrected chi connectivity index (χ3v) is 6.88. The standard InChI is InChI=1S/C18H27ClN2O3S/c1-4-6-14(3)20-18(22)15-8-9-16(19)17(11-15)25(23,24)21-10-5-7-13(2)12-21/h8-9,11,13-14H,4-7,10,12H2,1-3H3,(H,20,22). The van der Waals surface area contributed by atoms with Crippen molar-refractivity contribution in [3.8, 4) is 0 Å².